The molecule has 1 atom stereocenters. The third-order valence-corrected chi connectivity index (χ3v) is 5.00. The first-order valence-corrected chi connectivity index (χ1v) is 7.81. The molecule has 0 spiro atoms. The lowest BCUT2D eigenvalue weighted by Gasteiger charge is -2.10. The van der Waals surface area contributed by atoms with Crippen molar-refractivity contribution in [3.05, 3.63) is 51.0 Å². The normalized spacial score (nSPS) is 12.4. The molecular formula is C13H12Br2N2S. The summed E-state index contributed by atoms with van der Waals surface area (Å²) in [4.78, 5) is 5.47. The van der Waals surface area contributed by atoms with Gasteiger partial charge in [0.15, 0.2) is 0 Å². The van der Waals surface area contributed by atoms with Gasteiger partial charge in [-0.15, -0.1) is 0 Å². The van der Waals surface area contributed by atoms with Gasteiger partial charge in [-0.05, 0) is 52.7 Å². The number of nitrogens with zero attached hydrogens (tertiary/aromatic N) is 1. The molecule has 94 valence electrons. The second kappa shape index (κ2) is 6.19. The third kappa shape index (κ3) is 3.35. The molecule has 5 heteroatoms. The highest BCUT2D eigenvalue weighted by molar-refractivity contribution is 9.10. The number of pyridine rings is 1. The highest BCUT2D eigenvalue weighted by Crippen LogP contribution is 2.34. The first kappa shape index (κ1) is 14.1. The Bertz CT molecular complexity index is 558. The summed E-state index contributed by atoms with van der Waals surface area (Å²) >= 11 is 8.67. The lowest BCUT2D eigenvalue weighted by atomic mass is 10.1. The van der Waals surface area contributed by atoms with E-state index < -0.39 is 0 Å². The van der Waals surface area contributed by atoms with Crippen molar-refractivity contribution in [2.45, 2.75) is 22.9 Å². The van der Waals surface area contributed by atoms with Crippen molar-refractivity contribution in [2.75, 3.05) is 0 Å². The Morgan fingerprint density at radius 2 is 2.00 bits per heavy atom. The number of hydrogen-bond acceptors (Lipinski definition) is 3. The van der Waals surface area contributed by atoms with Crippen LogP contribution in [0.4, 0.5) is 0 Å². The second-order valence-corrected chi connectivity index (χ2v) is 6.64. The van der Waals surface area contributed by atoms with Gasteiger partial charge in [0, 0.05) is 21.6 Å². The minimum absolute atomic E-state index is 0.0278. The monoisotopic (exact) mass is 386 g/mol. The molecule has 0 fully saturated rings. The predicted molar refractivity (Wildman–Crippen MR) is 82.8 cm³/mol. The standard InChI is InChI=1S/C13H12Br2N2S/c1-8(16)10-5-4-9(7-12(10)15)18-13-11(14)3-2-6-17-13/h2-8H,16H2,1H3/t8-/m0/s1. The van der Waals surface area contributed by atoms with Gasteiger partial charge in [0.25, 0.3) is 0 Å². The van der Waals surface area contributed by atoms with Gasteiger partial charge in [-0.25, -0.2) is 4.98 Å². The van der Waals surface area contributed by atoms with Gasteiger partial charge < -0.3 is 5.73 Å². The molecule has 2 rings (SSSR count). The van der Waals surface area contributed by atoms with Crippen LogP contribution in [-0.2, 0) is 0 Å². The first-order valence-electron chi connectivity index (χ1n) is 5.41. The summed E-state index contributed by atoms with van der Waals surface area (Å²) in [6, 6.07) is 10.1. The second-order valence-electron chi connectivity index (χ2n) is 3.86. The fourth-order valence-corrected chi connectivity index (χ4v) is 3.70. The largest absolute Gasteiger partial charge is 0.324 e. The summed E-state index contributed by atoms with van der Waals surface area (Å²) < 4.78 is 2.04. The average Bonchev–Trinajstić information content (AvgIpc) is 2.32. The van der Waals surface area contributed by atoms with Crippen LogP contribution in [0, 0.1) is 0 Å². The molecule has 2 N–H and O–H groups in total. The van der Waals surface area contributed by atoms with E-state index in [1.54, 1.807) is 18.0 Å². The molecule has 0 aliphatic carbocycles. The minimum atomic E-state index is 0.0278. The minimum Gasteiger partial charge on any atom is -0.324 e. The van der Waals surface area contributed by atoms with Crippen LogP contribution >= 0.6 is 43.6 Å². The highest BCUT2D eigenvalue weighted by Gasteiger charge is 2.08. The van der Waals surface area contributed by atoms with Crippen molar-refractivity contribution in [3.8, 4) is 0 Å². The van der Waals surface area contributed by atoms with Crippen LogP contribution in [0.15, 0.2) is 55.4 Å². The maximum Gasteiger partial charge on any atom is 0.115 e. The number of hydrogen-bond donors (Lipinski definition) is 1. The predicted octanol–water partition coefficient (Wildman–Crippen LogP) is 4.78. The van der Waals surface area contributed by atoms with E-state index in [9.17, 15) is 0 Å². The molecule has 0 bridgehead atoms. The molecule has 1 aromatic carbocycles. The average molecular weight is 388 g/mol. The summed E-state index contributed by atoms with van der Waals surface area (Å²) in [6.07, 6.45) is 1.79. The molecule has 0 aliphatic rings. The Kier molecular flexibility index (Phi) is 4.84. The number of halogens is 2. The van der Waals surface area contributed by atoms with Crippen molar-refractivity contribution >= 4 is 43.6 Å². The topological polar surface area (TPSA) is 38.9 Å². The molecule has 0 amide bonds. The molecule has 2 nitrogen and oxygen atoms in total. The van der Waals surface area contributed by atoms with Gasteiger partial charge in [0.2, 0.25) is 0 Å². The van der Waals surface area contributed by atoms with E-state index in [1.165, 1.54) is 0 Å². The van der Waals surface area contributed by atoms with E-state index in [0.717, 1.165) is 24.4 Å². The SMILES string of the molecule is C[C@H](N)c1ccc(Sc2ncccc2Br)cc1Br. The molecule has 1 aromatic heterocycles. The van der Waals surface area contributed by atoms with Crippen molar-refractivity contribution < 1.29 is 0 Å². The molecule has 0 aliphatic heterocycles. The fraction of sp³-hybridized carbons (Fsp3) is 0.154. The first-order chi connectivity index (χ1) is 8.58. The summed E-state index contributed by atoms with van der Waals surface area (Å²) in [5.74, 6) is 0. The lowest BCUT2D eigenvalue weighted by molar-refractivity contribution is 0.811. The van der Waals surface area contributed by atoms with E-state index >= 15 is 0 Å². The quantitative estimate of drug-likeness (QED) is 0.823. The van der Waals surface area contributed by atoms with Gasteiger partial charge in [0.05, 0.1) is 4.47 Å². The van der Waals surface area contributed by atoms with E-state index in [1.807, 2.05) is 25.1 Å². The van der Waals surface area contributed by atoms with E-state index in [-0.39, 0.29) is 6.04 Å². The third-order valence-electron chi connectivity index (χ3n) is 2.40. The number of benzene rings is 1. The Morgan fingerprint density at radius 1 is 1.22 bits per heavy atom. The number of rotatable bonds is 3. The number of aromatic nitrogens is 1. The van der Waals surface area contributed by atoms with E-state index in [2.05, 4.69) is 49.0 Å². The summed E-state index contributed by atoms with van der Waals surface area (Å²) in [7, 11) is 0. The van der Waals surface area contributed by atoms with E-state index in [4.69, 9.17) is 5.73 Å². The fourth-order valence-electron chi connectivity index (χ4n) is 1.50. The molecule has 0 unspecified atom stereocenters. The van der Waals surface area contributed by atoms with Gasteiger partial charge in [-0.2, -0.15) is 0 Å². The molecule has 0 radical (unpaired) electrons. The zero-order chi connectivity index (χ0) is 13.1. The lowest BCUT2D eigenvalue weighted by Crippen LogP contribution is -2.05. The van der Waals surface area contributed by atoms with Crippen LogP contribution in [0.2, 0.25) is 0 Å². The summed E-state index contributed by atoms with van der Waals surface area (Å²) in [6.45, 7) is 1.97. The van der Waals surface area contributed by atoms with Gasteiger partial charge in [-0.3, -0.25) is 0 Å². The Balaban J connectivity index is 2.26. The summed E-state index contributed by atoms with van der Waals surface area (Å²) in [5, 5.41) is 0.956. The molecule has 0 saturated carbocycles. The van der Waals surface area contributed by atoms with E-state index in [0.29, 0.717) is 0 Å². The van der Waals surface area contributed by atoms with Crippen molar-refractivity contribution in [1.29, 1.82) is 0 Å². The zero-order valence-electron chi connectivity index (χ0n) is 9.73. The molecular weight excluding hydrogens is 376 g/mol. The van der Waals surface area contributed by atoms with Crippen molar-refractivity contribution in [1.82, 2.24) is 4.98 Å². The maximum absolute atomic E-state index is 5.88. The highest BCUT2D eigenvalue weighted by atomic mass is 79.9. The smallest absolute Gasteiger partial charge is 0.115 e. The maximum atomic E-state index is 5.88. The van der Waals surface area contributed by atoms with Crippen LogP contribution in [0.5, 0.6) is 0 Å². The molecule has 1 heterocycles. The van der Waals surface area contributed by atoms with Crippen molar-refractivity contribution in [3.63, 3.8) is 0 Å². The molecule has 18 heavy (non-hydrogen) atoms. The Hall–Kier alpha value is -0.360. The molecule has 0 saturated heterocycles. The Labute approximate surface area is 128 Å². The van der Waals surface area contributed by atoms with Crippen molar-refractivity contribution in [2.24, 2.45) is 5.73 Å². The summed E-state index contributed by atoms with van der Waals surface area (Å²) in [5.41, 5.74) is 7.00. The zero-order valence-corrected chi connectivity index (χ0v) is 13.7. The van der Waals surface area contributed by atoms with Crippen LogP contribution in [0.1, 0.15) is 18.5 Å². The molecule has 2 aromatic rings. The number of nitrogens with two attached hydrogens (primary N) is 1. The van der Waals surface area contributed by atoms with Crippen LogP contribution in [0.3, 0.4) is 0 Å². The van der Waals surface area contributed by atoms with Crippen LogP contribution in [0.25, 0.3) is 0 Å². The van der Waals surface area contributed by atoms with Gasteiger partial charge >= 0.3 is 0 Å². The van der Waals surface area contributed by atoms with Gasteiger partial charge in [0.1, 0.15) is 5.03 Å². The van der Waals surface area contributed by atoms with Crippen LogP contribution in [-0.4, -0.2) is 4.98 Å². The van der Waals surface area contributed by atoms with Gasteiger partial charge in [-0.1, -0.05) is 33.8 Å². The van der Waals surface area contributed by atoms with Crippen LogP contribution < -0.4 is 5.73 Å². The Morgan fingerprint density at radius 3 is 2.61 bits per heavy atom.